The van der Waals surface area contributed by atoms with E-state index in [0.29, 0.717) is 0 Å². The summed E-state index contributed by atoms with van der Waals surface area (Å²) < 4.78 is 0. The summed E-state index contributed by atoms with van der Waals surface area (Å²) in [6, 6.07) is 6.10. The highest BCUT2D eigenvalue weighted by Gasteiger charge is 2.14. The molecule has 0 fully saturated rings. The van der Waals surface area contributed by atoms with Gasteiger partial charge in [-0.25, -0.2) is 0 Å². The minimum atomic E-state index is -0.518. The van der Waals surface area contributed by atoms with Gasteiger partial charge in [0.05, 0.1) is 17.6 Å². The number of nitrogens with one attached hydrogen (secondary N) is 1. The number of nitrogens with zero attached hydrogens (tertiary/aromatic N) is 1. The van der Waals surface area contributed by atoms with Crippen molar-refractivity contribution in [2.45, 2.75) is 6.92 Å². The Labute approximate surface area is 92.9 Å². The minimum Gasteiger partial charge on any atom is -0.504 e. The molecule has 0 aliphatic carbocycles. The van der Waals surface area contributed by atoms with Gasteiger partial charge in [-0.3, -0.25) is 4.79 Å². The summed E-state index contributed by atoms with van der Waals surface area (Å²) in [5, 5.41) is 29.6. The Morgan fingerprint density at radius 3 is 2.88 bits per heavy atom. The lowest BCUT2D eigenvalue weighted by Crippen LogP contribution is -2.27. The summed E-state index contributed by atoms with van der Waals surface area (Å²) in [7, 11) is 0. The van der Waals surface area contributed by atoms with Gasteiger partial charge in [0.25, 0.3) is 5.91 Å². The second-order valence-electron chi connectivity index (χ2n) is 3.41. The van der Waals surface area contributed by atoms with Gasteiger partial charge in [-0.2, -0.15) is 5.26 Å². The van der Waals surface area contributed by atoms with Crippen molar-refractivity contribution in [2.24, 2.45) is 5.92 Å². The first-order chi connectivity index (χ1) is 7.56. The van der Waals surface area contributed by atoms with Gasteiger partial charge in [0.1, 0.15) is 0 Å². The SMILES string of the molecule is CC(C#N)CNC(=O)c1cccc(O)c1O. The first-order valence-corrected chi connectivity index (χ1v) is 4.75. The molecule has 0 aromatic heterocycles. The number of para-hydroxylation sites is 1. The quantitative estimate of drug-likeness (QED) is 0.662. The zero-order chi connectivity index (χ0) is 12.1. The Bertz CT molecular complexity index is 437. The molecule has 1 atom stereocenters. The van der Waals surface area contributed by atoms with Crippen LogP contribution in [-0.4, -0.2) is 22.7 Å². The van der Waals surface area contributed by atoms with Gasteiger partial charge >= 0.3 is 0 Å². The highest BCUT2D eigenvalue weighted by molar-refractivity contribution is 5.97. The van der Waals surface area contributed by atoms with Gasteiger partial charge in [0.15, 0.2) is 11.5 Å². The summed E-state index contributed by atoms with van der Waals surface area (Å²) in [4.78, 5) is 11.5. The van der Waals surface area contributed by atoms with E-state index in [0.717, 1.165) is 0 Å². The number of aromatic hydroxyl groups is 2. The Morgan fingerprint density at radius 2 is 2.25 bits per heavy atom. The molecule has 0 bridgehead atoms. The molecule has 0 heterocycles. The van der Waals surface area contributed by atoms with Crippen LogP contribution in [0.25, 0.3) is 0 Å². The van der Waals surface area contributed by atoms with E-state index in [1.165, 1.54) is 18.2 Å². The fourth-order valence-corrected chi connectivity index (χ4v) is 1.10. The Balaban J connectivity index is 2.75. The standard InChI is InChI=1S/C11H12N2O3/c1-7(5-12)6-13-11(16)8-3-2-4-9(14)10(8)15/h2-4,7,14-15H,6H2,1H3,(H,13,16). The summed E-state index contributed by atoms with van der Waals surface area (Å²) in [5.41, 5.74) is -0.00913. The van der Waals surface area contributed by atoms with E-state index in [-0.39, 0.29) is 23.8 Å². The lowest BCUT2D eigenvalue weighted by molar-refractivity contribution is 0.0947. The molecule has 0 radical (unpaired) electrons. The molecule has 1 aromatic carbocycles. The van der Waals surface area contributed by atoms with Crippen molar-refractivity contribution in [1.29, 1.82) is 5.26 Å². The fourth-order valence-electron chi connectivity index (χ4n) is 1.10. The summed E-state index contributed by atoms with van der Waals surface area (Å²) in [6.45, 7) is 1.87. The Kier molecular flexibility index (Phi) is 3.72. The van der Waals surface area contributed by atoms with Crippen LogP contribution in [-0.2, 0) is 0 Å². The van der Waals surface area contributed by atoms with Crippen molar-refractivity contribution in [3.8, 4) is 17.6 Å². The maximum Gasteiger partial charge on any atom is 0.255 e. The number of phenolic OH excluding ortho intramolecular Hbond substituents is 2. The number of hydrogen-bond donors (Lipinski definition) is 3. The van der Waals surface area contributed by atoms with Crippen molar-refractivity contribution in [3.63, 3.8) is 0 Å². The molecule has 0 spiro atoms. The monoisotopic (exact) mass is 220 g/mol. The van der Waals surface area contributed by atoms with Gasteiger partial charge in [0, 0.05) is 6.54 Å². The molecule has 1 aromatic rings. The topological polar surface area (TPSA) is 93.4 Å². The largest absolute Gasteiger partial charge is 0.504 e. The zero-order valence-electron chi connectivity index (χ0n) is 8.77. The molecule has 0 saturated heterocycles. The average Bonchev–Trinajstić information content (AvgIpc) is 2.29. The van der Waals surface area contributed by atoms with E-state index in [2.05, 4.69) is 5.32 Å². The lowest BCUT2D eigenvalue weighted by Gasteiger charge is -2.08. The highest BCUT2D eigenvalue weighted by Crippen LogP contribution is 2.27. The van der Waals surface area contributed by atoms with E-state index >= 15 is 0 Å². The number of carbonyl (C=O) groups is 1. The van der Waals surface area contributed by atoms with E-state index in [4.69, 9.17) is 5.26 Å². The number of phenols is 2. The van der Waals surface area contributed by atoms with Gasteiger partial charge in [-0.15, -0.1) is 0 Å². The van der Waals surface area contributed by atoms with Crippen molar-refractivity contribution in [2.75, 3.05) is 6.54 Å². The van der Waals surface area contributed by atoms with Crippen LogP contribution in [0, 0.1) is 17.2 Å². The number of benzene rings is 1. The molecule has 0 aliphatic heterocycles. The van der Waals surface area contributed by atoms with Crippen LogP contribution in [0.15, 0.2) is 18.2 Å². The maximum atomic E-state index is 11.5. The van der Waals surface area contributed by atoms with Gasteiger partial charge in [-0.1, -0.05) is 6.07 Å². The van der Waals surface area contributed by atoms with Crippen molar-refractivity contribution >= 4 is 5.91 Å². The second-order valence-corrected chi connectivity index (χ2v) is 3.41. The van der Waals surface area contributed by atoms with Crippen LogP contribution in [0.3, 0.4) is 0 Å². The molecular formula is C11H12N2O3. The van der Waals surface area contributed by atoms with E-state index < -0.39 is 11.7 Å². The van der Waals surface area contributed by atoms with Gasteiger partial charge in [-0.05, 0) is 19.1 Å². The van der Waals surface area contributed by atoms with Gasteiger partial charge < -0.3 is 15.5 Å². The number of carbonyl (C=O) groups excluding carboxylic acids is 1. The van der Waals surface area contributed by atoms with E-state index in [1.54, 1.807) is 6.92 Å². The number of hydrogen-bond acceptors (Lipinski definition) is 4. The van der Waals surface area contributed by atoms with Crippen LogP contribution < -0.4 is 5.32 Å². The fraction of sp³-hybridized carbons (Fsp3) is 0.273. The minimum absolute atomic E-state index is 0.00913. The Morgan fingerprint density at radius 1 is 1.56 bits per heavy atom. The molecule has 3 N–H and O–H groups in total. The summed E-state index contributed by atoms with van der Waals surface area (Å²) in [6.07, 6.45) is 0. The molecule has 0 aliphatic rings. The molecule has 0 saturated carbocycles. The van der Waals surface area contributed by atoms with Crippen molar-refractivity contribution in [1.82, 2.24) is 5.32 Å². The van der Waals surface area contributed by atoms with Crippen molar-refractivity contribution in [3.05, 3.63) is 23.8 Å². The van der Waals surface area contributed by atoms with Gasteiger partial charge in [0.2, 0.25) is 0 Å². The maximum absolute atomic E-state index is 11.5. The summed E-state index contributed by atoms with van der Waals surface area (Å²) >= 11 is 0. The number of rotatable bonds is 3. The summed E-state index contributed by atoms with van der Waals surface area (Å²) in [5.74, 6) is -1.62. The molecule has 16 heavy (non-hydrogen) atoms. The molecule has 1 rings (SSSR count). The first kappa shape index (κ1) is 11.9. The van der Waals surface area contributed by atoms with Crippen LogP contribution in [0.1, 0.15) is 17.3 Å². The van der Waals surface area contributed by atoms with E-state index in [1.807, 2.05) is 6.07 Å². The molecule has 1 unspecified atom stereocenters. The number of amides is 1. The Hall–Kier alpha value is -2.22. The normalized spacial score (nSPS) is 11.5. The first-order valence-electron chi connectivity index (χ1n) is 4.75. The smallest absolute Gasteiger partial charge is 0.255 e. The molecule has 84 valence electrons. The zero-order valence-corrected chi connectivity index (χ0v) is 8.77. The predicted molar refractivity (Wildman–Crippen MR) is 56.9 cm³/mol. The third-order valence-electron chi connectivity index (χ3n) is 2.05. The average molecular weight is 220 g/mol. The molecule has 5 heteroatoms. The third-order valence-corrected chi connectivity index (χ3v) is 2.05. The van der Waals surface area contributed by atoms with Crippen LogP contribution in [0.2, 0.25) is 0 Å². The molecular weight excluding hydrogens is 208 g/mol. The molecule has 5 nitrogen and oxygen atoms in total. The second kappa shape index (κ2) is 5.03. The predicted octanol–water partition coefficient (Wildman–Crippen LogP) is 0.987. The number of nitriles is 1. The highest BCUT2D eigenvalue weighted by atomic mass is 16.3. The van der Waals surface area contributed by atoms with Crippen LogP contribution in [0.4, 0.5) is 0 Å². The van der Waals surface area contributed by atoms with Crippen molar-refractivity contribution < 1.29 is 15.0 Å². The van der Waals surface area contributed by atoms with Crippen LogP contribution >= 0.6 is 0 Å². The van der Waals surface area contributed by atoms with Crippen LogP contribution in [0.5, 0.6) is 11.5 Å². The lowest BCUT2D eigenvalue weighted by atomic mass is 10.1. The molecule has 1 amide bonds. The van der Waals surface area contributed by atoms with E-state index in [9.17, 15) is 15.0 Å². The third kappa shape index (κ3) is 2.64.